The van der Waals surface area contributed by atoms with Gasteiger partial charge in [-0.3, -0.25) is 0 Å². The van der Waals surface area contributed by atoms with Crippen LogP contribution in [0.4, 0.5) is 45.5 Å². The van der Waals surface area contributed by atoms with Crippen LogP contribution in [0.5, 0.6) is 0 Å². The molecule has 3 heterocycles. The highest BCUT2D eigenvalue weighted by Crippen LogP contribution is 2.53. The second-order valence-electron chi connectivity index (χ2n) is 22.4. The molecule has 3 aliphatic carbocycles. The van der Waals surface area contributed by atoms with Crippen molar-refractivity contribution in [1.29, 1.82) is 0 Å². The summed E-state index contributed by atoms with van der Waals surface area (Å²) in [6.45, 7) is 20.2. The lowest BCUT2D eigenvalue weighted by atomic mass is 9.35. The van der Waals surface area contributed by atoms with Crippen molar-refractivity contribution in [1.82, 2.24) is 0 Å². The monoisotopic (exact) mass is 942 g/mol. The summed E-state index contributed by atoms with van der Waals surface area (Å²) in [4.78, 5) is 6.57. The molecule has 0 bridgehead atoms. The Hall–Kier alpha value is -6.30. The first kappa shape index (κ1) is 34.9. The fraction of sp³-hybridized carbons (Fsp3) is 0.292. The largest absolute Gasteiger partial charge is 0.334 e. The second kappa shape index (κ2) is 16.7. The number of thiophene rings is 1. The van der Waals surface area contributed by atoms with Crippen molar-refractivity contribution in [3.05, 3.63) is 197 Å². The fourth-order valence-corrected chi connectivity index (χ4v) is 13.0. The van der Waals surface area contributed by atoms with E-state index in [9.17, 15) is 5.48 Å². The molecule has 1 aromatic heterocycles. The van der Waals surface area contributed by atoms with Crippen LogP contribution in [0.1, 0.15) is 136 Å². The topological polar surface area (TPSA) is 9.72 Å². The van der Waals surface area contributed by atoms with Crippen molar-refractivity contribution in [3.63, 3.8) is 0 Å². The van der Waals surface area contributed by atoms with Crippen LogP contribution in [-0.2, 0) is 16.2 Å². The maximum Gasteiger partial charge on any atom is 0.264 e. The average Bonchev–Trinajstić information content (AvgIpc) is 3.95. The minimum atomic E-state index is -1.36. The Kier molecular flexibility index (Phi) is 8.31. The Morgan fingerprint density at radius 1 is 0.800 bits per heavy atom. The van der Waals surface area contributed by atoms with Gasteiger partial charge in [0, 0.05) is 51.7 Å². The van der Waals surface area contributed by atoms with Gasteiger partial charge in [-0.1, -0.05) is 159 Å². The van der Waals surface area contributed by atoms with Gasteiger partial charge in [-0.15, -0.1) is 11.3 Å². The van der Waals surface area contributed by atoms with Crippen LogP contribution in [0, 0.1) is 0 Å². The van der Waals surface area contributed by atoms with Gasteiger partial charge in [-0.2, -0.15) is 0 Å². The average molecular weight is 942 g/mol. The van der Waals surface area contributed by atoms with E-state index in [1.165, 1.54) is 27.0 Å². The van der Waals surface area contributed by atoms with Gasteiger partial charge < -0.3 is 14.7 Å². The van der Waals surface area contributed by atoms with E-state index in [0.29, 0.717) is 23.4 Å². The number of allylic oxidation sites excluding steroid dienone is 5. The number of hydrogen-bond donors (Lipinski definition) is 0. The molecule has 350 valence electrons. The molecule has 0 spiro atoms. The molecular formula is C65H66BN3S. The standard InChI is InChI=1S/C65H66BN3S/c1-42(2)43-29-32-48(33-30-43)68-57-38-49(67(46-23-15-11-16-24-46)47-25-17-12-18-26-47)39-58-60(57)66(62-61(68)51-37-45(63(3,4)5)31-34-59(51)70-62)54-40-52-53(65(8,9)36-35-64(52,6)7)41-56(54)69(58)55-28-20-19-27-50(55)44-21-13-10-14-22-44/h10-13,15-21,23-27,29-34,37-42,55H,14,22,28,35-36H2,1-9H3/i10D,11D,13D,14D,15D,16D,21D,22D,23D,24D. The van der Waals surface area contributed by atoms with E-state index < -0.39 is 37.0 Å². The first-order valence-corrected chi connectivity index (χ1v) is 25.8. The zero-order valence-electron chi connectivity index (χ0n) is 51.7. The first-order chi connectivity index (χ1) is 37.8. The molecular weight excluding hydrogens is 866 g/mol. The Labute approximate surface area is 435 Å². The number of fused-ring (bicyclic) bond motifs is 7. The van der Waals surface area contributed by atoms with Crippen LogP contribution in [0.15, 0.2) is 175 Å². The number of rotatable bonds is 7. The summed E-state index contributed by atoms with van der Waals surface area (Å²) in [7, 11) is 0. The number of hydrogen-bond acceptors (Lipinski definition) is 4. The molecule has 0 amide bonds. The molecule has 0 N–H and O–H groups in total. The van der Waals surface area contributed by atoms with Gasteiger partial charge in [0.05, 0.1) is 28.4 Å². The van der Waals surface area contributed by atoms with Crippen molar-refractivity contribution in [2.45, 2.75) is 123 Å². The van der Waals surface area contributed by atoms with E-state index in [1.807, 2.05) is 53.8 Å². The molecule has 0 radical (unpaired) electrons. The predicted molar refractivity (Wildman–Crippen MR) is 305 cm³/mol. The fourth-order valence-electron chi connectivity index (χ4n) is 11.7. The third-order valence-electron chi connectivity index (χ3n) is 15.7. The van der Waals surface area contributed by atoms with E-state index in [1.54, 1.807) is 4.90 Å². The Bertz CT molecular complexity index is 3860. The Balaban J connectivity index is 1.27. The van der Waals surface area contributed by atoms with Gasteiger partial charge in [-0.05, 0) is 165 Å². The lowest BCUT2D eigenvalue weighted by molar-refractivity contribution is 0.332. The van der Waals surface area contributed by atoms with Crippen LogP contribution in [-0.4, -0.2) is 12.8 Å². The summed E-state index contributed by atoms with van der Waals surface area (Å²) in [5, 5.41) is 1.12. The van der Waals surface area contributed by atoms with Crippen molar-refractivity contribution >= 4 is 89.3 Å². The number of para-hydroxylation sites is 2. The summed E-state index contributed by atoms with van der Waals surface area (Å²) in [6.07, 6.45) is 5.72. The van der Waals surface area contributed by atoms with Gasteiger partial charge in [-0.25, -0.2) is 0 Å². The van der Waals surface area contributed by atoms with E-state index in [4.69, 9.17) is 8.22 Å². The SMILES string of the molecule is [2H]C1=C([2H])C([2H])C([2H])C(C2=CC=CCC2N2c3cc4c(cc3B3c5sc6ccc(C(C)(C)C)cc6c5N(c5ccc(C(C)C)cc5)c5cc(N(c6ccccc6)c6c([2H])c([2H])c([2H])c([2H])c6[2H])cc2c53)C(C)(C)CCC4(C)C)=C1[2H]. The minimum absolute atomic E-state index is 0.00117. The highest BCUT2D eigenvalue weighted by Gasteiger charge is 2.49. The van der Waals surface area contributed by atoms with E-state index in [0.717, 1.165) is 62.3 Å². The van der Waals surface area contributed by atoms with Crippen LogP contribution in [0.25, 0.3) is 10.1 Å². The molecule has 2 aliphatic heterocycles. The molecule has 0 fully saturated rings. The zero-order valence-corrected chi connectivity index (χ0v) is 42.5. The summed E-state index contributed by atoms with van der Waals surface area (Å²) in [5.41, 5.74) is 13.1. The van der Waals surface area contributed by atoms with E-state index in [2.05, 4.69) is 145 Å². The van der Waals surface area contributed by atoms with Crippen LogP contribution in [0.3, 0.4) is 0 Å². The first-order valence-electron chi connectivity index (χ1n) is 30.1. The quantitative estimate of drug-likeness (QED) is 0.147. The summed E-state index contributed by atoms with van der Waals surface area (Å²) in [5.74, 6) is 0.276. The molecule has 0 saturated carbocycles. The molecule has 0 saturated heterocycles. The van der Waals surface area contributed by atoms with E-state index >= 15 is 0 Å². The van der Waals surface area contributed by atoms with Gasteiger partial charge in [0.25, 0.3) is 6.71 Å². The minimum Gasteiger partial charge on any atom is -0.334 e. The van der Waals surface area contributed by atoms with Crippen molar-refractivity contribution in [2.75, 3.05) is 14.7 Å². The molecule has 3 atom stereocenters. The molecule has 5 aliphatic rings. The van der Waals surface area contributed by atoms with Crippen LogP contribution in [0.2, 0.25) is 0 Å². The summed E-state index contributed by atoms with van der Waals surface area (Å²) < 4.78 is 94.2. The highest BCUT2D eigenvalue weighted by molar-refractivity contribution is 7.33. The molecule has 12 rings (SSSR count). The number of anilines is 8. The molecule has 70 heavy (non-hydrogen) atoms. The van der Waals surface area contributed by atoms with Crippen LogP contribution >= 0.6 is 11.3 Å². The normalized spacial score (nSPS) is 23.1. The molecule has 6 aromatic carbocycles. The second-order valence-corrected chi connectivity index (χ2v) is 23.5. The van der Waals surface area contributed by atoms with Gasteiger partial charge >= 0.3 is 0 Å². The lowest BCUT2D eigenvalue weighted by Crippen LogP contribution is -2.62. The predicted octanol–water partition coefficient (Wildman–Crippen LogP) is 16.4. The molecule has 5 heteroatoms. The Morgan fingerprint density at radius 3 is 2.26 bits per heavy atom. The molecule has 3 unspecified atom stereocenters. The summed E-state index contributed by atoms with van der Waals surface area (Å²) >= 11 is 1.82. The summed E-state index contributed by atoms with van der Waals surface area (Å²) in [6, 6.07) is 30.7. The van der Waals surface area contributed by atoms with Gasteiger partial charge in [0.15, 0.2) is 0 Å². The maximum absolute atomic E-state index is 9.60. The van der Waals surface area contributed by atoms with Gasteiger partial charge in [0.2, 0.25) is 0 Å². The maximum atomic E-state index is 9.60. The molecule has 3 nitrogen and oxygen atoms in total. The van der Waals surface area contributed by atoms with Crippen molar-refractivity contribution in [3.8, 4) is 0 Å². The van der Waals surface area contributed by atoms with E-state index in [-0.39, 0.29) is 70.4 Å². The molecule has 7 aromatic rings. The lowest BCUT2D eigenvalue weighted by Gasteiger charge is -2.49. The van der Waals surface area contributed by atoms with Crippen LogP contribution < -0.4 is 30.4 Å². The Morgan fingerprint density at radius 2 is 1.53 bits per heavy atom. The number of nitrogens with zero attached hydrogens (tertiary/aromatic N) is 3. The smallest absolute Gasteiger partial charge is 0.264 e. The zero-order chi connectivity index (χ0) is 57.0. The third-order valence-corrected chi connectivity index (χ3v) is 16.9. The highest BCUT2D eigenvalue weighted by atomic mass is 32.1. The van der Waals surface area contributed by atoms with Crippen molar-refractivity contribution in [2.24, 2.45) is 0 Å². The van der Waals surface area contributed by atoms with Crippen molar-refractivity contribution < 1.29 is 13.7 Å². The van der Waals surface area contributed by atoms with Gasteiger partial charge in [0.1, 0.15) is 0 Å². The number of benzene rings is 6. The third kappa shape index (κ3) is 7.28.